The topological polar surface area (TPSA) is 95.6 Å². The smallest absolute Gasteiger partial charge is 0.222 e. The van der Waals surface area contributed by atoms with E-state index in [9.17, 15) is 4.79 Å². The molecule has 5 heteroatoms. The number of nitrogens with one attached hydrogen (secondary N) is 1. The Hall–Kier alpha value is -0.650. The molecule has 1 amide bonds. The van der Waals surface area contributed by atoms with Gasteiger partial charge in [-0.2, -0.15) is 0 Å². The number of aliphatic hydroxyl groups is 2. The number of hydrogen-bond acceptors (Lipinski definition) is 4. The lowest BCUT2D eigenvalue weighted by atomic mass is 10.0. The van der Waals surface area contributed by atoms with Crippen molar-refractivity contribution in [2.75, 3.05) is 13.2 Å². The number of rotatable bonds is 7. The van der Waals surface area contributed by atoms with Crippen molar-refractivity contribution in [1.29, 1.82) is 0 Å². The Morgan fingerprint density at radius 2 is 2.00 bits per heavy atom. The summed E-state index contributed by atoms with van der Waals surface area (Å²) in [5.74, 6) is -0.235. The molecule has 0 heterocycles. The molecule has 0 spiro atoms. The molecule has 1 unspecified atom stereocenters. The fourth-order valence-corrected chi connectivity index (χ4v) is 1.23. The minimum atomic E-state index is -0.955. The lowest BCUT2D eigenvalue weighted by Crippen LogP contribution is -2.52. The maximum absolute atomic E-state index is 11.4. The molecule has 0 saturated heterocycles. The number of aliphatic hydroxyl groups excluding tert-OH is 2. The zero-order chi connectivity index (χ0) is 11.9. The van der Waals surface area contributed by atoms with Gasteiger partial charge in [-0.3, -0.25) is 4.79 Å². The summed E-state index contributed by atoms with van der Waals surface area (Å²) in [4.78, 5) is 11.4. The summed E-state index contributed by atoms with van der Waals surface area (Å²) >= 11 is 0. The molecule has 0 aliphatic heterocycles. The minimum Gasteiger partial charge on any atom is -0.394 e. The molecule has 0 rings (SSSR count). The minimum absolute atomic E-state index is 0.156. The molecule has 1 atom stereocenters. The second-order valence-electron chi connectivity index (χ2n) is 4.18. The zero-order valence-corrected chi connectivity index (χ0v) is 9.49. The van der Waals surface area contributed by atoms with Crippen molar-refractivity contribution >= 4 is 5.91 Å². The first-order valence-corrected chi connectivity index (χ1v) is 5.25. The maximum Gasteiger partial charge on any atom is 0.222 e. The van der Waals surface area contributed by atoms with E-state index in [1.165, 1.54) is 0 Å². The van der Waals surface area contributed by atoms with Gasteiger partial charge in [-0.15, -0.1) is 0 Å². The van der Waals surface area contributed by atoms with Gasteiger partial charge >= 0.3 is 0 Å². The quantitative estimate of drug-likeness (QED) is 0.457. The molecule has 0 aromatic rings. The van der Waals surface area contributed by atoms with Gasteiger partial charge in [0.25, 0.3) is 0 Å². The van der Waals surface area contributed by atoms with Crippen LogP contribution in [0, 0.1) is 0 Å². The Morgan fingerprint density at radius 3 is 2.40 bits per heavy atom. The van der Waals surface area contributed by atoms with Crippen LogP contribution in [0.4, 0.5) is 0 Å². The van der Waals surface area contributed by atoms with Crippen LogP contribution in [-0.2, 0) is 4.79 Å². The van der Waals surface area contributed by atoms with Crippen LogP contribution in [0.3, 0.4) is 0 Å². The van der Waals surface area contributed by atoms with E-state index in [1.807, 2.05) is 6.92 Å². The van der Waals surface area contributed by atoms with Crippen molar-refractivity contribution in [3.63, 3.8) is 0 Å². The molecule has 15 heavy (non-hydrogen) atoms. The van der Waals surface area contributed by atoms with Crippen molar-refractivity contribution in [3.05, 3.63) is 0 Å². The predicted octanol–water partition coefficient (Wildman–Crippen LogP) is -0.637. The lowest BCUT2D eigenvalue weighted by Gasteiger charge is -2.26. The van der Waals surface area contributed by atoms with Crippen molar-refractivity contribution in [1.82, 2.24) is 5.32 Å². The van der Waals surface area contributed by atoms with Crippen LogP contribution in [0.1, 0.15) is 33.1 Å². The first-order valence-electron chi connectivity index (χ1n) is 5.25. The molecule has 5 N–H and O–H groups in total. The second kappa shape index (κ2) is 6.76. The van der Waals surface area contributed by atoms with Crippen LogP contribution in [0.15, 0.2) is 0 Å². The third-order valence-electron chi connectivity index (χ3n) is 2.25. The molecular weight excluding hydrogens is 196 g/mol. The summed E-state index contributed by atoms with van der Waals surface area (Å²) < 4.78 is 0. The fourth-order valence-electron chi connectivity index (χ4n) is 1.23. The fraction of sp³-hybridized carbons (Fsp3) is 0.900. The van der Waals surface area contributed by atoms with Crippen molar-refractivity contribution in [2.24, 2.45) is 5.73 Å². The Bertz CT molecular complexity index is 193. The maximum atomic E-state index is 11.4. The van der Waals surface area contributed by atoms with Gasteiger partial charge < -0.3 is 21.3 Å². The number of amides is 1. The number of hydrogen-bond donors (Lipinski definition) is 4. The normalized spacial score (nSPS) is 13.7. The van der Waals surface area contributed by atoms with Crippen molar-refractivity contribution < 1.29 is 15.0 Å². The van der Waals surface area contributed by atoms with Gasteiger partial charge in [0.1, 0.15) is 0 Å². The van der Waals surface area contributed by atoms with Crippen LogP contribution in [0.5, 0.6) is 0 Å². The van der Waals surface area contributed by atoms with E-state index in [1.54, 1.807) is 6.92 Å². The van der Waals surface area contributed by atoms with Gasteiger partial charge in [0, 0.05) is 12.5 Å². The van der Waals surface area contributed by atoms with Crippen LogP contribution in [0.2, 0.25) is 0 Å². The Labute approximate surface area is 90.7 Å². The Balaban J connectivity index is 4.02. The van der Waals surface area contributed by atoms with Crippen LogP contribution < -0.4 is 11.1 Å². The van der Waals surface area contributed by atoms with Gasteiger partial charge in [-0.25, -0.2) is 0 Å². The molecule has 0 aliphatic rings. The van der Waals surface area contributed by atoms with E-state index in [4.69, 9.17) is 15.9 Å². The molecular formula is C10H22N2O3. The van der Waals surface area contributed by atoms with Gasteiger partial charge in [0.2, 0.25) is 5.91 Å². The van der Waals surface area contributed by atoms with Gasteiger partial charge in [-0.1, -0.05) is 13.3 Å². The highest BCUT2D eigenvalue weighted by molar-refractivity contribution is 5.77. The number of carbonyl (C=O) groups is 1. The van der Waals surface area contributed by atoms with Crippen LogP contribution >= 0.6 is 0 Å². The Kier molecular flexibility index (Phi) is 6.47. The highest BCUT2D eigenvalue weighted by Gasteiger charge is 2.24. The molecule has 90 valence electrons. The summed E-state index contributed by atoms with van der Waals surface area (Å²) in [5, 5.41) is 20.5. The molecule has 0 aromatic heterocycles. The van der Waals surface area contributed by atoms with Crippen LogP contribution in [-0.4, -0.2) is 40.9 Å². The number of carbonyl (C=O) groups excluding carboxylic acids is 1. The average molecular weight is 218 g/mol. The van der Waals surface area contributed by atoms with E-state index in [0.29, 0.717) is 0 Å². The first kappa shape index (κ1) is 14.3. The molecule has 0 aliphatic carbocycles. The SMILES string of the molecule is CCCC(N)CC(=O)NC(C)(CO)CO. The summed E-state index contributed by atoms with van der Waals surface area (Å²) in [6.45, 7) is 3.00. The second-order valence-corrected chi connectivity index (χ2v) is 4.18. The summed E-state index contributed by atoms with van der Waals surface area (Å²) in [7, 11) is 0. The molecule has 0 bridgehead atoms. The van der Waals surface area contributed by atoms with Gasteiger partial charge in [-0.05, 0) is 13.3 Å². The molecule has 0 aromatic carbocycles. The standard InChI is InChI=1S/C10H22N2O3/c1-3-4-8(11)5-9(15)12-10(2,6-13)7-14/h8,13-14H,3-7,11H2,1-2H3,(H,12,15). The van der Waals surface area contributed by atoms with E-state index >= 15 is 0 Å². The lowest BCUT2D eigenvalue weighted by molar-refractivity contribution is -0.124. The molecule has 0 radical (unpaired) electrons. The van der Waals surface area contributed by atoms with E-state index in [-0.39, 0.29) is 31.6 Å². The van der Waals surface area contributed by atoms with Gasteiger partial charge in [0.15, 0.2) is 0 Å². The molecule has 5 nitrogen and oxygen atoms in total. The highest BCUT2D eigenvalue weighted by Crippen LogP contribution is 2.03. The van der Waals surface area contributed by atoms with E-state index in [0.717, 1.165) is 12.8 Å². The summed E-state index contributed by atoms with van der Waals surface area (Å²) in [5.41, 5.74) is 4.75. The third-order valence-corrected chi connectivity index (χ3v) is 2.25. The zero-order valence-electron chi connectivity index (χ0n) is 9.49. The molecule has 0 saturated carbocycles. The largest absolute Gasteiger partial charge is 0.394 e. The monoisotopic (exact) mass is 218 g/mol. The van der Waals surface area contributed by atoms with E-state index in [2.05, 4.69) is 5.32 Å². The summed E-state index contributed by atoms with van der Waals surface area (Å²) in [6, 6.07) is -0.156. The van der Waals surface area contributed by atoms with Gasteiger partial charge in [0.05, 0.1) is 18.8 Å². The Morgan fingerprint density at radius 1 is 1.47 bits per heavy atom. The number of nitrogens with two attached hydrogens (primary N) is 1. The van der Waals surface area contributed by atoms with Crippen molar-refractivity contribution in [3.8, 4) is 0 Å². The summed E-state index contributed by atoms with van der Waals surface area (Å²) in [6.07, 6.45) is 1.96. The van der Waals surface area contributed by atoms with Crippen molar-refractivity contribution in [2.45, 2.75) is 44.7 Å². The highest BCUT2D eigenvalue weighted by atomic mass is 16.3. The van der Waals surface area contributed by atoms with Crippen LogP contribution in [0.25, 0.3) is 0 Å². The van der Waals surface area contributed by atoms with E-state index < -0.39 is 5.54 Å². The third kappa shape index (κ3) is 5.71. The first-order chi connectivity index (χ1) is 6.97. The predicted molar refractivity (Wildman–Crippen MR) is 58.2 cm³/mol. The average Bonchev–Trinajstić information content (AvgIpc) is 2.17. The molecule has 0 fully saturated rings.